The van der Waals surface area contributed by atoms with Gasteiger partial charge in [0.1, 0.15) is 0 Å². The van der Waals surface area contributed by atoms with Crippen molar-refractivity contribution in [2.24, 2.45) is 0 Å². The summed E-state index contributed by atoms with van der Waals surface area (Å²) >= 11 is 5.82. The molecule has 1 aromatic carbocycles. The quantitative estimate of drug-likeness (QED) is 0.874. The molecule has 0 amide bonds. The predicted octanol–water partition coefficient (Wildman–Crippen LogP) is 2.57. The van der Waals surface area contributed by atoms with Gasteiger partial charge < -0.3 is 10.4 Å². The molecule has 86 valence electrons. The van der Waals surface area contributed by atoms with Gasteiger partial charge in [-0.25, -0.2) is 14.8 Å². The highest BCUT2D eigenvalue weighted by Gasteiger charge is 2.06. The Labute approximate surface area is 102 Å². The molecule has 5 nitrogen and oxygen atoms in total. The van der Waals surface area contributed by atoms with Gasteiger partial charge in [-0.05, 0) is 24.3 Å². The Bertz CT molecular complexity index is 560. The van der Waals surface area contributed by atoms with Crippen LogP contribution in [0.25, 0.3) is 0 Å². The molecule has 0 fully saturated rings. The number of aromatic nitrogens is 2. The maximum absolute atomic E-state index is 10.7. The number of hydrogen-bond donors (Lipinski definition) is 2. The maximum atomic E-state index is 10.7. The molecular weight excluding hydrogens is 242 g/mol. The molecular formula is C11H8ClN3O2. The minimum Gasteiger partial charge on any atom is -0.477 e. The molecule has 1 heterocycles. The molecule has 0 aliphatic rings. The van der Waals surface area contributed by atoms with Crippen molar-refractivity contribution in [2.75, 3.05) is 5.32 Å². The van der Waals surface area contributed by atoms with Gasteiger partial charge in [0.15, 0.2) is 5.69 Å². The van der Waals surface area contributed by atoms with Crippen LogP contribution in [0.1, 0.15) is 10.5 Å². The van der Waals surface area contributed by atoms with Gasteiger partial charge in [0.05, 0.1) is 0 Å². The van der Waals surface area contributed by atoms with Gasteiger partial charge >= 0.3 is 5.97 Å². The second-order valence-electron chi connectivity index (χ2n) is 3.21. The van der Waals surface area contributed by atoms with Gasteiger partial charge in [-0.1, -0.05) is 17.7 Å². The Balaban J connectivity index is 2.24. The van der Waals surface area contributed by atoms with E-state index >= 15 is 0 Å². The van der Waals surface area contributed by atoms with Crippen LogP contribution in [-0.4, -0.2) is 21.0 Å². The van der Waals surface area contributed by atoms with Gasteiger partial charge in [0.25, 0.3) is 0 Å². The zero-order valence-corrected chi connectivity index (χ0v) is 9.35. The van der Waals surface area contributed by atoms with E-state index in [9.17, 15) is 4.79 Å². The summed E-state index contributed by atoms with van der Waals surface area (Å²) in [6.45, 7) is 0. The summed E-state index contributed by atoms with van der Waals surface area (Å²) in [6.07, 6.45) is 1.38. The summed E-state index contributed by atoms with van der Waals surface area (Å²) in [5.74, 6) is -0.881. The lowest BCUT2D eigenvalue weighted by Gasteiger charge is -2.04. The van der Waals surface area contributed by atoms with Crippen LogP contribution in [0, 0.1) is 0 Å². The molecule has 0 radical (unpaired) electrons. The monoisotopic (exact) mass is 249 g/mol. The van der Waals surface area contributed by atoms with Crippen molar-refractivity contribution in [3.05, 3.63) is 47.2 Å². The molecule has 0 aliphatic heterocycles. The molecule has 0 unspecified atom stereocenters. The van der Waals surface area contributed by atoms with Crippen molar-refractivity contribution in [2.45, 2.75) is 0 Å². The smallest absolute Gasteiger partial charge is 0.354 e. The van der Waals surface area contributed by atoms with Crippen molar-refractivity contribution in [3.63, 3.8) is 0 Å². The molecule has 0 aliphatic carbocycles. The maximum Gasteiger partial charge on any atom is 0.354 e. The Morgan fingerprint density at radius 2 is 2.18 bits per heavy atom. The molecule has 2 aromatic rings. The average Bonchev–Trinajstić information content (AvgIpc) is 2.29. The van der Waals surface area contributed by atoms with E-state index in [1.54, 1.807) is 24.3 Å². The van der Waals surface area contributed by atoms with Crippen LogP contribution in [0.2, 0.25) is 5.02 Å². The molecule has 0 bridgehead atoms. The zero-order chi connectivity index (χ0) is 12.3. The van der Waals surface area contributed by atoms with Crippen molar-refractivity contribution < 1.29 is 9.90 Å². The Morgan fingerprint density at radius 3 is 2.88 bits per heavy atom. The van der Waals surface area contributed by atoms with Crippen LogP contribution < -0.4 is 5.32 Å². The summed E-state index contributed by atoms with van der Waals surface area (Å²) in [5.41, 5.74) is 0.629. The highest BCUT2D eigenvalue weighted by molar-refractivity contribution is 6.30. The van der Waals surface area contributed by atoms with Crippen molar-refractivity contribution in [1.29, 1.82) is 0 Å². The third-order valence-electron chi connectivity index (χ3n) is 1.96. The highest BCUT2D eigenvalue weighted by Crippen LogP contribution is 2.17. The van der Waals surface area contributed by atoms with Gasteiger partial charge in [0.2, 0.25) is 5.95 Å². The minimum atomic E-state index is -1.10. The van der Waals surface area contributed by atoms with Crippen LogP contribution in [0.15, 0.2) is 36.5 Å². The largest absolute Gasteiger partial charge is 0.477 e. The highest BCUT2D eigenvalue weighted by atomic mass is 35.5. The summed E-state index contributed by atoms with van der Waals surface area (Å²) in [6, 6.07) is 8.31. The number of rotatable bonds is 3. The van der Waals surface area contributed by atoms with E-state index in [1.165, 1.54) is 12.3 Å². The first-order valence-electron chi connectivity index (χ1n) is 4.74. The molecule has 0 saturated carbocycles. The molecule has 0 saturated heterocycles. The Kier molecular flexibility index (Phi) is 3.20. The summed E-state index contributed by atoms with van der Waals surface area (Å²) < 4.78 is 0. The Morgan fingerprint density at radius 1 is 1.35 bits per heavy atom. The molecule has 17 heavy (non-hydrogen) atoms. The second-order valence-corrected chi connectivity index (χ2v) is 3.64. The SMILES string of the molecule is O=C(O)c1ccnc(Nc2cccc(Cl)c2)n1. The van der Waals surface area contributed by atoms with Crippen LogP contribution in [0.4, 0.5) is 11.6 Å². The lowest BCUT2D eigenvalue weighted by atomic mass is 10.3. The van der Waals surface area contributed by atoms with E-state index in [4.69, 9.17) is 16.7 Å². The van der Waals surface area contributed by atoms with E-state index in [1.807, 2.05) is 0 Å². The fraction of sp³-hybridized carbons (Fsp3) is 0. The van der Waals surface area contributed by atoms with E-state index in [0.717, 1.165) is 0 Å². The van der Waals surface area contributed by atoms with E-state index < -0.39 is 5.97 Å². The molecule has 1 aromatic heterocycles. The number of benzene rings is 1. The Hall–Kier alpha value is -2.14. The summed E-state index contributed by atoms with van der Waals surface area (Å²) in [4.78, 5) is 18.5. The first-order chi connectivity index (χ1) is 8.15. The normalized spacial score (nSPS) is 9.94. The first-order valence-corrected chi connectivity index (χ1v) is 5.12. The number of carboxylic acid groups (broad SMARTS) is 1. The number of halogens is 1. The van der Waals surface area contributed by atoms with Gasteiger partial charge in [-0.3, -0.25) is 0 Å². The minimum absolute atomic E-state index is 0.0653. The zero-order valence-electron chi connectivity index (χ0n) is 8.59. The van der Waals surface area contributed by atoms with Crippen LogP contribution in [0.5, 0.6) is 0 Å². The molecule has 2 rings (SSSR count). The number of carbonyl (C=O) groups is 1. The predicted molar refractivity (Wildman–Crippen MR) is 63.7 cm³/mol. The number of nitrogens with one attached hydrogen (secondary N) is 1. The molecule has 6 heteroatoms. The third kappa shape index (κ3) is 2.92. The number of aromatic carboxylic acids is 1. The lowest BCUT2D eigenvalue weighted by Crippen LogP contribution is -2.04. The first kappa shape index (κ1) is 11.3. The summed E-state index contributed by atoms with van der Waals surface area (Å²) in [5, 5.41) is 12.2. The van der Waals surface area contributed by atoms with E-state index in [2.05, 4.69) is 15.3 Å². The van der Waals surface area contributed by atoms with Crippen molar-refractivity contribution in [3.8, 4) is 0 Å². The molecule has 0 atom stereocenters. The van der Waals surface area contributed by atoms with Gasteiger partial charge in [-0.15, -0.1) is 0 Å². The van der Waals surface area contributed by atoms with E-state index in [0.29, 0.717) is 10.7 Å². The average molecular weight is 250 g/mol. The topological polar surface area (TPSA) is 75.1 Å². The molecule has 2 N–H and O–H groups in total. The van der Waals surface area contributed by atoms with Gasteiger partial charge in [-0.2, -0.15) is 0 Å². The third-order valence-corrected chi connectivity index (χ3v) is 2.19. The molecule has 0 spiro atoms. The fourth-order valence-electron chi connectivity index (χ4n) is 1.23. The second kappa shape index (κ2) is 4.80. The van der Waals surface area contributed by atoms with Crippen LogP contribution in [0.3, 0.4) is 0 Å². The lowest BCUT2D eigenvalue weighted by molar-refractivity contribution is 0.0690. The van der Waals surface area contributed by atoms with Crippen molar-refractivity contribution >= 4 is 29.2 Å². The fourth-order valence-corrected chi connectivity index (χ4v) is 1.42. The van der Waals surface area contributed by atoms with Crippen molar-refractivity contribution in [1.82, 2.24) is 9.97 Å². The number of carboxylic acids is 1. The van der Waals surface area contributed by atoms with Crippen LogP contribution in [-0.2, 0) is 0 Å². The van der Waals surface area contributed by atoms with Crippen LogP contribution >= 0.6 is 11.6 Å². The summed E-state index contributed by atoms with van der Waals surface area (Å²) in [7, 11) is 0. The van der Waals surface area contributed by atoms with Gasteiger partial charge in [0, 0.05) is 16.9 Å². The van der Waals surface area contributed by atoms with E-state index in [-0.39, 0.29) is 11.6 Å². The number of anilines is 2. The number of hydrogen-bond acceptors (Lipinski definition) is 4. The standard InChI is InChI=1S/C11H8ClN3O2/c12-7-2-1-3-8(6-7)14-11-13-5-4-9(15-11)10(16)17/h1-6H,(H,16,17)(H,13,14,15). The number of nitrogens with zero attached hydrogens (tertiary/aromatic N) is 2.